The summed E-state index contributed by atoms with van der Waals surface area (Å²) in [4.78, 5) is 10.7. The van der Waals surface area contributed by atoms with Crippen LogP contribution in [0.5, 0.6) is 5.75 Å². The van der Waals surface area contributed by atoms with Crippen LogP contribution in [-0.4, -0.2) is 16.5 Å². The van der Waals surface area contributed by atoms with Gasteiger partial charge in [-0.2, -0.15) is 0 Å². The topological polar surface area (TPSA) is 48.7 Å². The number of thiol groups is 1. The maximum Gasteiger partial charge on any atom is 0.330 e. The van der Waals surface area contributed by atoms with Gasteiger partial charge in [0.2, 0.25) is 0 Å². The number of furan rings is 1. The fraction of sp³-hybridized carbons (Fsp3) is 0.261. The van der Waals surface area contributed by atoms with Crippen LogP contribution in [0.25, 0.3) is 22.3 Å². The van der Waals surface area contributed by atoms with Gasteiger partial charge in [-0.05, 0) is 39.0 Å². The van der Waals surface area contributed by atoms with Gasteiger partial charge < -0.3 is 13.9 Å². The molecule has 146 valence electrons. The summed E-state index contributed by atoms with van der Waals surface area (Å²) >= 11 is 4.63. The van der Waals surface area contributed by atoms with Crippen molar-refractivity contribution in [2.75, 3.05) is 0 Å². The van der Waals surface area contributed by atoms with Crippen molar-refractivity contribution >= 4 is 29.6 Å². The van der Waals surface area contributed by atoms with Crippen molar-refractivity contribution in [2.24, 2.45) is 0 Å². The summed E-state index contributed by atoms with van der Waals surface area (Å²) < 4.78 is 17.4. The van der Waals surface area contributed by atoms with Crippen LogP contribution in [0.1, 0.15) is 27.2 Å². The molecule has 1 unspecified atom stereocenters. The molecule has 2 aromatic carbocycles. The number of benzene rings is 2. The van der Waals surface area contributed by atoms with Gasteiger partial charge in [-0.25, -0.2) is 4.79 Å². The fourth-order valence-electron chi connectivity index (χ4n) is 3.25. The first-order chi connectivity index (χ1) is 13.2. The van der Waals surface area contributed by atoms with Gasteiger partial charge in [0.05, 0.1) is 0 Å². The van der Waals surface area contributed by atoms with E-state index in [1.54, 1.807) is 0 Å². The molecule has 0 N–H and O–H groups in total. The summed E-state index contributed by atoms with van der Waals surface area (Å²) in [6, 6.07) is 17.6. The minimum Gasteiger partial charge on any atom is -0.477 e. The monoisotopic (exact) mass is 396 g/mol. The number of fused-ring (bicyclic) bond motifs is 1. The van der Waals surface area contributed by atoms with Crippen molar-refractivity contribution in [1.29, 1.82) is 0 Å². The Bertz CT molecular complexity index is 986. The zero-order chi connectivity index (χ0) is 20.4. The predicted octanol–water partition coefficient (Wildman–Crippen LogP) is 6.02. The Kier molecular flexibility index (Phi) is 5.57. The number of hydrogen-bond acceptors (Lipinski definition) is 5. The molecule has 3 aromatic rings. The molecule has 0 bridgehead atoms. The average molecular weight is 397 g/mol. The van der Waals surface area contributed by atoms with Gasteiger partial charge in [0.25, 0.3) is 0 Å². The zero-order valence-corrected chi connectivity index (χ0v) is 17.2. The summed E-state index contributed by atoms with van der Waals surface area (Å²) in [6.07, 6.45) is 1.53. The first kappa shape index (κ1) is 20.1. The second kappa shape index (κ2) is 7.76. The molecule has 1 heterocycles. The largest absolute Gasteiger partial charge is 0.477 e. The molecular formula is C23H24O4S. The van der Waals surface area contributed by atoms with Gasteiger partial charge in [-0.3, -0.25) is 0 Å². The SMILES string of the molecule is C=CC(=O)OC(C)(C)CC(C)(S)Oc1ccc2cc(-c3ccccc3)oc2c1. The molecule has 0 fully saturated rings. The van der Waals surface area contributed by atoms with Crippen molar-refractivity contribution in [3.05, 3.63) is 67.3 Å². The Hall–Kier alpha value is -2.66. The molecular weight excluding hydrogens is 372 g/mol. The van der Waals surface area contributed by atoms with Crippen LogP contribution in [0.4, 0.5) is 0 Å². The summed E-state index contributed by atoms with van der Waals surface area (Å²) in [6.45, 7) is 8.89. The Morgan fingerprint density at radius 2 is 1.86 bits per heavy atom. The van der Waals surface area contributed by atoms with Crippen LogP contribution in [0, 0.1) is 0 Å². The van der Waals surface area contributed by atoms with Crippen LogP contribution in [0.3, 0.4) is 0 Å². The van der Waals surface area contributed by atoms with Crippen LogP contribution in [-0.2, 0) is 9.53 Å². The molecule has 4 nitrogen and oxygen atoms in total. The van der Waals surface area contributed by atoms with E-state index in [2.05, 4.69) is 19.2 Å². The van der Waals surface area contributed by atoms with Crippen molar-refractivity contribution in [1.82, 2.24) is 0 Å². The Balaban J connectivity index is 1.78. The molecule has 0 saturated carbocycles. The van der Waals surface area contributed by atoms with Crippen molar-refractivity contribution < 1.29 is 18.7 Å². The molecule has 0 spiro atoms. The lowest BCUT2D eigenvalue weighted by Crippen LogP contribution is -2.38. The molecule has 0 aliphatic rings. The van der Waals surface area contributed by atoms with Crippen LogP contribution in [0.15, 0.2) is 71.7 Å². The molecule has 1 atom stereocenters. The van der Waals surface area contributed by atoms with E-state index in [0.717, 1.165) is 28.4 Å². The number of carbonyl (C=O) groups is 1. The van der Waals surface area contributed by atoms with E-state index in [4.69, 9.17) is 13.9 Å². The lowest BCUT2D eigenvalue weighted by Gasteiger charge is -2.34. The highest BCUT2D eigenvalue weighted by Gasteiger charge is 2.34. The number of rotatable bonds is 7. The van der Waals surface area contributed by atoms with Crippen LogP contribution >= 0.6 is 12.6 Å². The molecule has 0 radical (unpaired) electrons. The molecule has 0 aliphatic carbocycles. The second-order valence-corrected chi connectivity index (χ2v) is 8.46. The Labute approximate surface area is 170 Å². The maximum absolute atomic E-state index is 11.5. The van der Waals surface area contributed by atoms with E-state index >= 15 is 0 Å². The minimum atomic E-state index is -0.854. The lowest BCUT2D eigenvalue weighted by molar-refractivity contribution is -0.152. The third-order valence-electron chi connectivity index (χ3n) is 4.18. The summed E-state index contributed by atoms with van der Waals surface area (Å²) in [5.41, 5.74) is 1.00. The molecule has 0 aliphatic heterocycles. The highest BCUT2D eigenvalue weighted by atomic mass is 32.1. The third kappa shape index (κ3) is 4.98. The molecule has 5 heteroatoms. The normalized spacial score (nSPS) is 13.7. The first-order valence-corrected chi connectivity index (χ1v) is 9.48. The van der Waals surface area contributed by atoms with E-state index in [-0.39, 0.29) is 0 Å². The van der Waals surface area contributed by atoms with Gasteiger partial charge in [0.15, 0.2) is 4.93 Å². The second-order valence-electron chi connectivity index (χ2n) is 7.52. The van der Waals surface area contributed by atoms with Gasteiger partial charge >= 0.3 is 5.97 Å². The van der Waals surface area contributed by atoms with Crippen molar-refractivity contribution in [3.63, 3.8) is 0 Å². The molecule has 28 heavy (non-hydrogen) atoms. The zero-order valence-electron chi connectivity index (χ0n) is 16.3. The lowest BCUT2D eigenvalue weighted by atomic mass is 10.0. The highest BCUT2D eigenvalue weighted by molar-refractivity contribution is 7.81. The van der Waals surface area contributed by atoms with Gasteiger partial charge in [-0.15, -0.1) is 12.6 Å². The van der Waals surface area contributed by atoms with Crippen molar-refractivity contribution in [2.45, 2.75) is 37.7 Å². The van der Waals surface area contributed by atoms with Crippen molar-refractivity contribution in [3.8, 4) is 17.1 Å². The van der Waals surface area contributed by atoms with E-state index in [1.165, 1.54) is 0 Å². The van der Waals surface area contributed by atoms with Gasteiger partial charge in [0, 0.05) is 29.5 Å². The fourth-order valence-corrected chi connectivity index (χ4v) is 3.74. The summed E-state index contributed by atoms with van der Waals surface area (Å²) in [5.74, 6) is 0.961. The Morgan fingerprint density at radius 3 is 2.54 bits per heavy atom. The van der Waals surface area contributed by atoms with Gasteiger partial charge in [0.1, 0.15) is 22.7 Å². The smallest absolute Gasteiger partial charge is 0.330 e. The van der Waals surface area contributed by atoms with Crippen LogP contribution < -0.4 is 4.74 Å². The number of ether oxygens (including phenoxy) is 2. The Morgan fingerprint density at radius 1 is 1.14 bits per heavy atom. The summed E-state index contributed by atoms with van der Waals surface area (Å²) in [5, 5.41) is 0.993. The van der Waals surface area contributed by atoms with Crippen LogP contribution in [0.2, 0.25) is 0 Å². The third-order valence-corrected chi connectivity index (χ3v) is 4.43. The van der Waals surface area contributed by atoms with E-state index in [0.29, 0.717) is 12.2 Å². The first-order valence-electron chi connectivity index (χ1n) is 9.03. The standard InChI is InChI=1S/C23H24O4S/c1-5-21(24)27-22(2,3)15-23(4,28)26-18-12-11-17-13-19(25-20(17)14-18)16-9-7-6-8-10-16/h5-14,28H,1,15H2,2-4H3. The quantitative estimate of drug-likeness (QED) is 0.229. The molecule has 0 saturated heterocycles. The van der Waals surface area contributed by atoms with Gasteiger partial charge in [-0.1, -0.05) is 36.9 Å². The summed E-state index contributed by atoms with van der Waals surface area (Å²) in [7, 11) is 0. The van der Waals surface area contributed by atoms with E-state index in [1.807, 2.05) is 75.4 Å². The maximum atomic E-state index is 11.5. The van der Waals surface area contributed by atoms with E-state index in [9.17, 15) is 4.79 Å². The molecule has 0 amide bonds. The predicted molar refractivity (Wildman–Crippen MR) is 115 cm³/mol. The average Bonchev–Trinajstić information content (AvgIpc) is 3.03. The molecule has 3 rings (SSSR count). The van der Waals surface area contributed by atoms with E-state index < -0.39 is 16.5 Å². The number of hydrogen-bond donors (Lipinski definition) is 1. The minimum absolute atomic E-state index is 0.383. The number of esters is 1. The highest BCUT2D eigenvalue weighted by Crippen LogP contribution is 2.34. The number of carbonyl (C=O) groups excluding carboxylic acids is 1. The molecule has 1 aromatic heterocycles.